The molecular formula is C17H21ClN2O3. The number of aliphatic hydroxyl groups excluding tert-OH is 1. The van der Waals surface area contributed by atoms with E-state index in [9.17, 15) is 14.7 Å². The van der Waals surface area contributed by atoms with E-state index in [1.54, 1.807) is 29.2 Å². The molecule has 1 N–H and O–H groups in total. The number of nitrogens with zero attached hydrogens (tertiary/aromatic N) is 2. The predicted octanol–water partition coefficient (Wildman–Crippen LogP) is 2.58. The highest BCUT2D eigenvalue weighted by molar-refractivity contribution is 6.30. The van der Waals surface area contributed by atoms with Crippen LogP contribution in [0.4, 0.5) is 0 Å². The smallest absolute Gasteiger partial charge is 0.290 e. The molecule has 0 bridgehead atoms. The van der Waals surface area contributed by atoms with Crippen LogP contribution in [0.25, 0.3) is 0 Å². The first kappa shape index (κ1) is 17.5. The van der Waals surface area contributed by atoms with Gasteiger partial charge in [-0.1, -0.05) is 23.7 Å². The number of carbonyl (C=O) groups is 2. The lowest BCUT2D eigenvalue weighted by molar-refractivity contribution is -0.129. The maximum atomic E-state index is 12.4. The summed E-state index contributed by atoms with van der Waals surface area (Å²) in [4.78, 5) is 27.9. The van der Waals surface area contributed by atoms with Gasteiger partial charge in [-0.2, -0.15) is 0 Å². The summed E-state index contributed by atoms with van der Waals surface area (Å²) in [6.45, 7) is 2.64. The maximum Gasteiger partial charge on any atom is 0.290 e. The predicted molar refractivity (Wildman–Crippen MR) is 89.4 cm³/mol. The van der Waals surface area contributed by atoms with Gasteiger partial charge < -0.3 is 14.9 Å². The molecule has 0 fully saturated rings. The standard InChI is InChI=1S/C17H21ClN2O3/c1-11(21)14-15(12-5-7-13(18)8-6-12)20(17(23)16(14)22)10-4-9-19(2)3/h5-8,15,22H,4,9-10H2,1-3H3. The van der Waals surface area contributed by atoms with Crippen LogP contribution in [0, 0.1) is 0 Å². The first-order valence-electron chi connectivity index (χ1n) is 7.48. The summed E-state index contributed by atoms with van der Waals surface area (Å²) in [5.41, 5.74) is 0.920. The van der Waals surface area contributed by atoms with Crippen molar-refractivity contribution in [2.45, 2.75) is 19.4 Å². The summed E-state index contributed by atoms with van der Waals surface area (Å²) < 4.78 is 0. The van der Waals surface area contributed by atoms with Crippen LogP contribution in [-0.2, 0) is 9.59 Å². The van der Waals surface area contributed by atoms with Crippen molar-refractivity contribution in [1.82, 2.24) is 9.80 Å². The van der Waals surface area contributed by atoms with Gasteiger partial charge in [0.15, 0.2) is 11.5 Å². The second kappa shape index (κ2) is 7.15. The van der Waals surface area contributed by atoms with E-state index in [4.69, 9.17) is 11.6 Å². The molecule has 1 heterocycles. The van der Waals surface area contributed by atoms with Crippen LogP contribution in [0.5, 0.6) is 0 Å². The minimum absolute atomic E-state index is 0.155. The second-order valence-electron chi connectivity index (χ2n) is 5.93. The summed E-state index contributed by atoms with van der Waals surface area (Å²) >= 11 is 5.92. The normalized spacial score (nSPS) is 18.2. The van der Waals surface area contributed by atoms with Crippen molar-refractivity contribution < 1.29 is 14.7 Å². The Balaban J connectivity index is 2.34. The average Bonchev–Trinajstić information content (AvgIpc) is 2.72. The third-order valence-electron chi connectivity index (χ3n) is 3.87. The highest BCUT2D eigenvalue weighted by Gasteiger charge is 2.41. The second-order valence-corrected chi connectivity index (χ2v) is 6.36. The van der Waals surface area contributed by atoms with Gasteiger partial charge in [-0.15, -0.1) is 0 Å². The number of amides is 1. The topological polar surface area (TPSA) is 60.9 Å². The molecule has 1 unspecified atom stereocenters. The highest BCUT2D eigenvalue weighted by Crippen LogP contribution is 2.37. The summed E-state index contributed by atoms with van der Waals surface area (Å²) in [7, 11) is 3.92. The van der Waals surface area contributed by atoms with Crippen molar-refractivity contribution in [2.24, 2.45) is 0 Å². The van der Waals surface area contributed by atoms with Gasteiger partial charge in [-0.05, 0) is 51.7 Å². The van der Waals surface area contributed by atoms with Gasteiger partial charge in [0, 0.05) is 11.6 Å². The summed E-state index contributed by atoms with van der Waals surface area (Å²) in [5, 5.41) is 10.7. The molecule has 0 spiro atoms. The number of aliphatic hydroxyl groups is 1. The number of ketones is 1. The molecule has 0 radical (unpaired) electrons. The van der Waals surface area contributed by atoms with Gasteiger partial charge in [-0.25, -0.2) is 0 Å². The molecule has 1 amide bonds. The molecule has 1 aromatic carbocycles. The number of carbonyl (C=O) groups excluding carboxylic acids is 2. The van der Waals surface area contributed by atoms with Crippen molar-refractivity contribution in [3.63, 3.8) is 0 Å². The van der Waals surface area contributed by atoms with Crippen LogP contribution in [0.2, 0.25) is 5.02 Å². The highest BCUT2D eigenvalue weighted by atomic mass is 35.5. The lowest BCUT2D eigenvalue weighted by atomic mass is 9.97. The minimum atomic E-state index is -0.556. The number of Topliss-reactive ketones (excluding diaryl/α,β-unsaturated/α-hetero) is 1. The van der Waals surface area contributed by atoms with Crippen LogP contribution in [0.1, 0.15) is 24.9 Å². The van der Waals surface area contributed by atoms with Crippen molar-refractivity contribution in [3.8, 4) is 0 Å². The zero-order chi connectivity index (χ0) is 17.1. The first-order chi connectivity index (χ1) is 10.8. The fourth-order valence-corrected chi connectivity index (χ4v) is 2.92. The molecule has 1 atom stereocenters. The fourth-order valence-electron chi connectivity index (χ4n) is 2.79. The fraction of sp³-hybridized carbons (Fsp3) is 0.412. The van der Waals surface area contributed by atoms with Crippen molar-refractivity contribution in [3.05, 3.63) is 46.2 Å². The van der Waals surface area contributed by atoms with Crippen LogP contribution < -0.4 is 0 Å². The molecule has 2 rings (SSSR count). The molecule has 5 nitrogen and oxygen atoms in total. The Labute approximate surface area is 141 Å². The zero-order valence-electron chi connectivity index (χ0n) is 13.5. The summed E-state index contributed by atoms with van der Waals surface area (Å²) in [6, 6.07) is 6.43. The molecule has 6 heteroatoms. The lowest BCUT2D eigenvalue weighted by Gasteiger charge is -2.27. The Hall–Kier alpha value is -1.85. The van der Waals surface area contributed by atoms with E-state index >= 15 is 0 Å². The molecule has 1 aliphatic rings. The van der Waals surface area contributed by atoms with Gasteiger partial charge in [0.05, 0.1) is 11.6 Å². The van der Waals surface area contributed by atoms with E-state index in [-0.39, 0.29) is 11.4 Å². The maximum absolute atomic E-state index is 12.4. The van der Waals surface area contributed by atoms with E-state index in [1.807, 2.05) is 19.0 Å². The lowest BCUT2D eigenvalue weighted by Crippen LogP contribution is -2.33. The Morgan fingerprint density at radius 1 is 1.30 bits per heavy atom. The van der Waals surface area contributed by atoms with Crippen molar-refractivity contribution >= 4 is 23.3 Å². The number of rotatable bonds is 6. The van der Waals surface area contributed by atoms with Gasteiger partial charge >= 0.3 is 0 Å². The quantitative estimate of drug-likeness (QED) is 0.867. The van der Waals surface area contributed by atoms with Crippen LogP contribution in [0.3, 0.4) is 0 Å². The van der Waals surface area contributed by atoms with Crippen LogP contribution >= 0.6 is 11.6 Å². The molecule has 0 saturated carbocycles. The molecular weight excluding hydrogens is 316 g/mol. The van der Waals surface area contributed by atoms with Crippen molar-refractivity contribution in [2.75, 3.05) is 27.2 Å². The largest absolute Gasteiger partial charge is 0.503 e. The van der Waals surface area contributed by atoms with Gasteiger partial charge in [-0.3, -0.25) is 9.59 Å². The minimum Gasteiger partial charge on any atom is -0.503 e. The SMILES string of the molecule is CC(=O)C1=C(O)C(=O)N(CCCN(C)C)C1c1ccc(Cl)cc1. The van der Waals surface area contributed by atoms with Crippen LogP contribution in [-0.4, -0.2) is 53.8 Å². The zero-order valence-corrected chi connectivity index (χ0v) is 14.3. The molecule has 0 aromatic heterocycles. The Morgan fingerprint density at radius 3 is 2.43 bits per heavy atom. The van der Waals surface area contributed by atoms with Crippen molar-refractivity contribution in [1.29, 1.82) is 0 Å². The Morgan fingerprint density at radius 2 is 1.91 bits per heavy atom. The number of hydrogen-bond donors (Lipinski definition) is 1. The molecule has 0 aliphatic carbocycles. The van der Waals surface area contributed by atoms with E-state index in [0.29, 0.717) is 11.6 Å². The molecule has 1 aliphatic heterocycles. The van der Waals surface area contributed by atoms with Gasteiger partial charge in [0.1, 0.15) is 0 Å². The van der Waals surface area contributed by atoms with Gasteiger partial charge in [0.25, 0.3) is 5.91 Å². The molecule has 1 aromatic rings. The third-order valence-corrected chi connectivity index (χ3v) is 4.13. The number of halogens is 1. The number of benzene rings is 1. The Kier molecular flexibility index (Phi) is 5.44. The number of hydrogen-bond acceptors (Lipinski definition) is 4. The first-order valence-corrected chi connectivity index (χ1v) is 7.86. The molecule has 23 heavy (non-hydrogen) atoms. The van der Waals surface area contributed by atoms with E-state index < -0.39 is 17.7 Å². The van der Waals surface area contributed by atoms with E-state index in [1.165, 1.54) is 6.92 Å². The molecule has 0 saturated heterocycles. The van der Waals surface area contributed by atoms with E-state index in [2.05, 4.69) is 0 Å². The third kappa shape index (κ3) is 3.74. The van der Waals surface area contributed by atoms with E-state index in [0.717, 1.165) is 18.5 Å². The summed E-state index contributed by atoms with van der Waals surface area (Å²) in [6.07, 6.45) is 0.751. The molecule has 124 valence electrons. The summed E-state index contributed by atoms with van der Waals surface area (Å²) in [5.74, 6) is -1.23. The average molecular weight is 337 g/mol. The Bertz CT molecular complexity index is 638. The monoisotopic (exact) mass is 336 g/mol. The van der Waals surface area contributed by atoms with Gasteiger partial charge in [0.2, 0.25) is 0 Å². The van der Waals surface area contributed by atoms with Crippen LogP contribution in [0.15, 0.2) is 35.6 Å².